The molecule has 0 radical (unpaired) electrons. The summed E-state index contributed by atoms with van der Waals surface area (Å²) in [5.74, 6) is 0. The fraction of sp³-hybridized carbons (Fsp3) is 1.00. The molecule has 0 amide bonds. The van der Waals surface area contributed by atoms with Gasteiger partial charge in [-0.15, -0.1) is 0 Å². The highest BCUT2D eigenvalue weighted by molar-refractivity contribution is 4.43. The summed E-state index contributed by atoms with van der Waals surface area (Å²) in [6, 6.07) is 0. The molecule has 1 rings (SSSR count). The number of hydrogen-bond acceptors (Lipinski definition) is 2. The summed E-state index contributed by atoms with van der Waals surface area (Å²) in [4.78, 5) is 10.7. The highest BCUT2D eigenvalue weighted by Gasteiger charge is 2.33. The Morgan fingerprint density at radius 1 is 1.00 bits per heavy atom. The van der Waals surface area contributed by atoms with Crippen molar-refractivity contribution in [2.24, 2.45) is 0 Å². The molecule has 0 N–H and O–H groups in total. The highest BCUT2D eigenvalue weighted by atomic mass is 17.0. The number of nitrogens with zero attached hydrogens (tertiary/aromatic N) is 1. The summed E-state index contributed by atoms with van der Waals surface area (Å²) in [7, 11) is 3.38. The molecule has 0 unspecified atom stereocenters. The first kappa shape index (κ1) is 6.99. The molecule has 9 heavy (non-hydrogen) atoms. The van der Waals surface area contributed by atoms with E-state index in [0.717, 1.165) is 13.1 Å². The Morgan fingerprint density at radius 3 is 1.67 bits per heavy atom. The van der Waals surface area contributed by atoms with E-state index in [9.17, 15) is 0 Å². The predicted molar refractivity (Wildman–Crippen MR) is 33.2 cm³/mol. The molecule has 3 heteroatoms. The van der Waals surface area contributed by atoms with Crippen LogP contribution in [0.2, 0.25) is 0 Å². The van der Waals surface area contributed by atoms with Crippen molar-refractivity contribution in [2.75, 3.05) is 27.3 Å². The van der Waals surface area contributed by atoms with E-state index in [-0.39, 0.29) is 0 Å². The molecule has 0 aromatic rings. The molecule has 0 saturated carbocycles. The lowest BCUT2D eigenvalue weighted by Gasteiger charge is -2.23. The standard InChI is InChI=1S/C6H14NO2/c1-8-7(9-2)5-3-4-6-7/h3-6H2,1-2H3/q+1. The Bertz CT molecular complexity index is 83.1. The Labute approximate surface area is 55.7 Å². The van der Waals surface area contributed by atoms with Crippen molar-refractivity contribution in [1.29, 1.82) is 0 Å². The number of hydroxylamine groups is 4. The number of rotatable bonds is 2. The minimum Gasteiger partial charge on any atom is -0.171 e. The third kappa shape index (κ3) is 1.23. The molecule has 1 heterocycles. The van der Waals surface area contributed by atoms with Crippen molar-refractivity contribution in [3.8, 4) is 0 Å². The van der Waals surface area contributed by atoms with Gasteiger partial charge in [0.15, 0.2) is 0 Å². The summed E-state index contributed by atoms with van der Waals surface area (Å²) in [5, 5.41) is 0. The van der Waals surface area contributed by atoms with Crippen molar-refractivity contribution >= 4 is 0 Å². The van der Waals surface area contributed by atoms with Crippen LogP contribution in [0.3, 0.4) is 0 Å². The van der Waals surface area contributed by atoms with Crippen LogP contribution in [0, 0.1) is 0 Å². The molecule has 0 atom stereocenters. The van der Waals surface area contributed by atoms with Crippen LogP contribution in [0.15, 0.2) is 0 Å². The molecule has 1 fully saturated rings. The minimum atomic E-state index is 0.389. The zero-order chi connectivity index (χ0) is 6.74. The van der Waals surface area contributed by atoms with Gasteiger partial charge in [0.05, 0.1) is 14.2 Å². The first-order chi connectivity index (χ1) is 4.33. The summed E-state index contributed by atoms with van der Waals surface area (Å²) in [6.45, 7) is 1.99. The van der Waals surface area contributed by atoms with Crippen LogP contribution in [0.4, 0.5) is 0 Å². The molecule has 0 aromatic carbocycles. The molecular weight excluding hydrogens is 118 g/mol. The van der Waals surface area contributed by atoms with Gasteiger partial charge in [-0.05, 0) is 4.81 Å². The van der Waals surface area contributed by atoms with E-state index in [1.165, 1.54) is 12.8 Å². The zero-order valence-corrected chi connectivity index (χ0v) is 6.09. The monoisotopic (exact) mass is 132 g/mol. The van der Waals surface area contributed by atoms with Crippen molar-refractivity contribution in [3.05, 3.63) is 0 Å². The predicted octanol–water partition coefficient (Wildman–Crippen LogP) is 0.720. The maximum atomic E-state index is 5.16. The fourth-order valence-electron chi connectivity index (χ4n) is 1.26. The van der Waals surface area contributed by atoms with E-state index in [1.807, 2.05) is 0 Å². The molecule has 0 bridgehead atoms. The summed E-state index contributed by atoms with van der Waals surface area (Å²) < 4.78 is 0. The molecule has 3 nitrogen and oxygen atoms in total. The Kier molecular flexibility index (Phi) is 2.05. The maximum absolute atomic E-state index is 5.16. The van der Waals surface area contributed by atoms with E-state index in [2.05, 4.69) is 0 Å². The third-order valence-electron chi connectivity index (χ3n) is 1.91. The second-order valence-corrected chi connectivity index (χ2v) is 2.33. The normalized spacial score (nSPS) is 24.7. The van der Waals surface area contributed by atoms with E-state index in [4.69, 9.17) is 9.68 Å². The Balaban J connectivity index is 2.45. The van der Waals surface area contributed by atoms with Crippen molar-refractivity contribution in [3.63, 3.8) is 0 Å². The van der Waals surface area contributed by atoms with Crippen LogP contribution in [0.25, 0.3) is 0 Å². The molecule has 1 aliphatic heterocycles. The molecule has 0 spiro atoms. The van der Waals surface area contributed by atoms with Gasteiger partial charge in [-0.2, -0.15) is 9.68 Å². The first-order valence-electron chi connectivity index (χ1n) is 3.31. The van der Waals surface area contributed by atoms with E-state index < -0.39 is 0 Å². The second-order valence-electron chi connectivity index (χ2n) is 2.33. The van der Waals surface area contributed by atoms with Gasteiger partial charge in [-0.3, -0.25) is 0 Å². The summed E-state index contributed by atoms with van der Waals surface area (Å²) in [5.41, 5.74) is 0. The van der Waals surface area contributed by atoms with Gasteiger partial charge in [-0.25, -0.2) is 0 Å². The molecular formula is C6H14NO2+. The topological polar surface area (TPSA) is 18.5 Å². The van der Waals surface area contributed by atoms with Gasteiger partial charge in [0.1, 0.15) is 13.1 Å². The van der Waals surface area contributed by atoms with Crippen molar-refractivity contribution in [2.45, 2.75) is 12.8 Å². The smallest absolute Gasteiger partial charge is 0.142 e. The molecule has 54 valence electrons. The Morgan fingerprint density at radius 2 is 1.44 bits per heavy atom. The minimum absolute atomic E-state index is 0.389. The van der Waals surface area contributed by atoms with Gasteiger partial charge in [0, 0.05) is 12.8 Å². The lowest BCUT2D eigenvalue weighted by molar-refractivity contribution is -1.23. The van der Waals surface area contributed by atoms with Crippen LogP contribution in [-0.4, -0.2) is 32.1 Å². The van der Waals surface area contributed by atoms with Crippen molar-refractivity contribution < 1.29 is 14.5 Å². The van der Waals surface area contributed by atoms with E-state index in [0.29, 0.717) is 4.81 Å². The van der Waals surface area contributed by atoms with Crippen LogP contribution in [-0.2, 0) is 9.68 Å². The second kappa shape index (κ2) is 2.64. The van der Waals surface area contributed by atoms with Gasteiger partial charge in [0.25, 0.3) is 0 Å². The van der Waals surface area contributed by atoms with Gasteiger partial charge in [0.2, 0.25) is 0 Å². The lowest BCUT2D eigenvalue weighted by Crippen LogP contribution is -2.42. The SMILES string of the molecule is CO[N+]1(OC)CCCC1. The van der Waals surface area contributed by atoms with Crippen LogP contribution in [0.1, 0.15) is 12.8 Å². The number of quaternary nitrogens is 1. The van der Waals surface area contributed by atoms with E-state index >= 15 is 0 Å². The average Bonchev–Trinajstić information content (AvgIpc) is 2.36. The quantitative estimate of drug-likeness (QED) is 0.515. The highest BCUT2D eigenvalue weighted by Crippen LogP contribution is 2.18. The average molecular weight is 132 g/mol. The van der Waals surface area contributed by atoms with Gasteiger partial charge < -0.3 is 0 Å². The largest absolute Gasteiger partial charge is 0.171 e. The van der Waals surface area contributed by atoms with Gasteiger partial charge >= 0.3 is 0 Å². The fourth-order valence-corrected chi connectivity index (χ4v) is 1.26. The zero-order valence-electron chi connectivity index (χ0n) is 6.09. The molecule has 1 saturated heterocycles. The van der Waals surface area contributed by atoms with E-state index in [1.54, 1.807) is 14.2 Å². The Hall–Kier alpha value is -0.120. The molecule has 1 aliphatic rings. The van der Waals surface area contributed by atoms with Crippen LogP contribution < -0.4 is 0 Å². The van der Waals surface area contributed by atoms with Gasteiger partial charge in [-0.1, -0.05) is 0 Å². The summed E-state index contributed by atoms with van der Waals surface area (Å²) >= 11 is 0. The third-order valence-corrected chi connectivity index (χ3v) is 1.91. The van der Waals surface area contributed by atoms with Crippen LogP contribution >= 0.6 is 0 Å². The van der Waals surface area contributed by atoms with Crippen molar-refractivity contribution in [1.82, 2.24) is 0 Å². The lowest BCUT2D eigenvalue weighted by atomic mass is 10.4. The summed E-state index contributed by atoms with van der Waals surface area (Å²) in [6.07, 6.45) is 2.42. The molecule has 0 aromatic heterocycles. The maximum Gasteiger partial charge on any atom is 0.142 e. The number of hydrogen-bond donors (Lipinski definition) is 0. The molecule has 0 aliphatic carbocycles. The first-order valence-corrected chi connectivity index (χ1v) is 3.31. The van der Waals surface area contributed by atoms with Crippen LogP contribution in [0.5, 0.6) is 0 Å².